The number of aromatic nitrogens is 2. The predicted molar refractivity (Wildman–Crippen MR) is 168 cm³/mol. The van der Waals surface area contributed by atoms with Crippen LogP contribution in [-0.4, -0.2) is 32.1 Å². The first-order chi connectivity index (χ1) is 20.1. The van der Waals surface area contributed by atoms with Gasteiger partial charge in [-0.2, -0.15) is 0 Å². The van der Waals surface area contributed by atoms with Crippen molar-refractivity contribution in [2.45, 2.75) is 52.6 Å². The summed E-state index contributed by atoms with van der Waals surface area (Å²) in [4.78, 5) is 42.5. The third kappa shape index (κ3) is 7.47. The zero-order valence-corrected chi connectivity index (χ0v) is 25.4. The number of nitrogens with one attached hydrogen (secondary N) is 2. The molecule has 4 rings (SSSR count). The summed E-state index contributed by atoms with van der Waals surface area (Å²) in [5, 5.41) is 23.8. The first-order valence-corrected chi connectivity index (χ1v) is 13.8. The molecular weight excluding hydrogens is 544 g/mol. The Morgan fingerprint density at radius 2 is 1.58 bits per heavy atom. The first-order valence-electron chi connectivity index (χ1n) is 13.8. The molecule has 222 valence electrons. The van der Waals surface area contributed by atoms with Crippen LogP contribution in [0.25, 0.3) is 11.3 Å². The van der Waals surface area contributed by atoms with Gasteiger partial charge in [-0.15, -0.1) is 10.2 Å². The number of azo groups is 1. The minimum atomic E-state index is -1.55. The molecule has 0 fully saturated rings. The van der Waals surface area contributed by atoms with Crippen LogP contribution in [0, 0.1) is 6.92 Å². The van der Waals surface area contributed by atoms with Crippen molar-refractivity contribution in [1.29, 1.82) is 0 Å². The Labute approximate surface area is 250 Å². The van der Waals surface area contributed by atoms with Gasteiger partial charge >= 0.3 is 0 Å². The van der Waals surface area contributed by atoms with E-state index in [0.29, 0.717) is 33.9 Å². The van der Waals surface area contributed by atoms with Crippen LogP contribution in [-0.2, 0) is 17.3 Å². The Bertz CT molecular complexity index is 1760. The van der Waals surface area contributed by atoms with Crippen molar-refractivity contribution < 1.29 is 14.7 Å². The lowest BCUT2D eigenvalue weighted by molar-refractivity contribution is -0.130. The van der Waals surface area contributed by atoms with Crippen LogP contribution in [0.4, 0.5) is 22.9 Å². The molecule has 0 atom stereocenters. The number of rotatable bonds is 7. The SMILES string of the molecule is Cc1c(NC(=O)c2ccc(C(C)(C)C)cc2)cccc1-c1cn(C)c(=O)c(N=Nc2cccc(NC(=O)C(C)(C)O)c2)n1. The van der Waals surface area contributed by atoms with Crippen molar-refractivity contribution in [1.82, 2.24) is 9.55 Å². The van der Waals surface area contributed by atoms with Crippen LogP contribution in [0.1, 0.15) is 56.1 Å². The zero-order chi connectivity index (χ0) is 31.5. The number of carbonyl (C=O) groups is 2. The zero-order valence-electron chi connectivity index (χ0n) is 25.4. The maximum absolute atomic E-state index is 13.0. The Morgan fingerprint density at radius 3 is 2.23 bits per heavy atom. The highest BCUT2D eigenvalue weighted by Crippen LogP contribution is 2.29. The summed E-state index contributed by atoms with van der Waals surface area (Å²) in [5.74, 6) is -0.930. The minimum Gasteiger partial charge on any atom is -0.381 e. The lowest BCUT2D eigenvalue weighted by Crippen LogP contribution is -2.36. The smallest absolute Gasteiger partial charge is 0.297 e. The molecule has 10 heteroatoms. The second kappa shape index (κ2) is 12.1. The fourth-order valence-electron chi connectivity index (χ4n) is 4.19. The van der Waals surface area contributed by atoms with Gasteiger partial charge in [0.25, 0.3) is 17.4 Å². The van der Waals surface area contributed by atoms with Gasteiger partial charge in [-0.05, 0) is 73.7 Å². The molecule has 0 spiro atoms. The van der Waals surface area contributed by atoms with E-state index in [1.54, 1.807) is 37.5 Å². The molecule has 0 aliphatic carbocycles. The average molecular weight is 581 g/mol. The van der Waals surface area contributed by atoms with Crippen LogP contribution < -0.4 is 16.2 Å². The van der Waals surface area contributed by atoms with E-state index in [0.717, 1.165) is 11.1 Å². The lowest BCUT2D eigenvalue weighted by atomic mass is 9.86. The lowest BCUT2D eigenvalue weighted by Gasteiger charge is -2.19. The van der Waals surface area contributed by atoms with Crippen molar-refractivity contribution in [3.05, 3.63) is 100.0 Å². The fourth-order valence-corrected chi connectivity index (χ4v) is 4.19. The maximum atomic E-state index is 13.0. The monoisotopic (exact) mass is 580 g/mol. The van der Waals surface area contributed by atoms with E-state index in [-0.39, 0.29) is 17.1 Å². The standard InChI is InChI=1S/C33H36N6O4/c1-20-25(12-9-13-26(20)36-29(40)21-14-16-22(17-15-21)32(2,3)4)27-19-39(7)30(41)28(35-27)38-37-24-11-8-10-23(18-24)34-31(42)33(5,6)43/h8-19,43H,1-7H3,(H,34,42)(H,36,40). The number of amides is 2. The Hall–Kier alpha value is -4.96. The number of hydrogen-bond acceptors (Lipinski definition) is 7. The van der Waals surface area contributed by atoms with Crippen molar-refractivity contribution in [2.75, 3.05) is 10.6 Å². The Kier molecular flexibility index (Phi) is 8.72. The number of nitrogens with zero attached hydrogens (tertiary/aromatic N) is 4. The second-order valence-corrected chi connectivity index (χ2v) is 11.9. The Morgan fingerprint density at radius 1 is 0.907 bits per heavy atom. The summed E-state index contributed by atoms with van der Waals surface area (Å²) in [5.41, 5.74) is 3.04. The number of anilines is 2. The van der Waals surface area contributed by atoms with Crippen molar-refractivity contribution in [3.8, 4) is 11.3 Å². The highest BCUT2D eigenvalue weighted by molar-refractivity contribution is 6.05. The normalized spacial score (nSPS) is 11.9. The molecule has 0 radical (unpaired) electrons. The molecule has 1 aromatic heterocycles. The van der Waals surface area contributed by atoms with Crippen LogP contribution >= 0.6 is 0 Å². The molecule has 3 N–H and O–H groups in total. The van der Waals surface area contributed by atoms with E-state index < -0.39 is 17.1 Å². The quantitative estimate of drug-likeness (QED) is 0.216. The summed E-state index contributed by atoms with van der Waals surface area (Å²) in [7, 11) is 1.60. The number of aryl methyl sites for hydroxylation is 1. The molecule has 43 heavy (non-hydrogen) atoms. The highest BCUT2D eigenvalue weighted by Gasteiger charge is 2.23. The van der Waals surface area contributed by atoms with Gasteiger partial charge in [0, 0.05) is 35.7 Å². The predicted octanol–water partition coefficient (Wildman–Crippen LogP) is 6.43. The molecule has 1 heterocycles. The molecule has 0 saturated heterocycles. The van der Waals surface area contributed by atoms with E-state index in [4.69, 9.17) is 0 Å². The molecule has 2 amide bonds. The number of carbonyl (C=O) groups excluding carboxylic acids is 2. The van der Waals surface area contributed by atoms with Gasteiger partial charge in [-0.25, -0.2) is 4.98 Å². The van der Waals surface area contributed by atoms with E-state index in [9.17, 15) is 19.5 Å². The van der Waals surface area contributed by atoms with Crippen molar-refractivity contribution >= 4 is 34.7 Å². The van der Waals surface area contributed by atoms with Crippen LogP contribution in [0.3, 0.4) is 0 Å². The molecule has 0 unspecified atom stereocenters. The molecule has 0 saturated carbocycles. The summed E-state index contributed by atoms with van der Waals surface area (Å²) in [6.45, 7) is 11.0. The average Bonchev–Trinajstić information content (AvgIpc) is 2.94. The van der Waals surface area contributed by atoms with Crippen LogP contribution in [0.5, 0.6) is 0 Å². The molecule has 0 aliphatic rings. The summed E-state index contributed by atoms with van der Waals surface area (Å²) in [6, 6.07) is 19.6. The van der Waals surface area contributed by atoms with Gasteiger partial charge in [0.2, 0.25) is 5.82 Å². The van der Waals surface area contributed by atoms with Gasteiger partial charge in [0.05, 0.1) is 11.4 Å². The third-order valence-electron chi connectivity index (χ3n) is 6.84. The summed E-state index contributed by atoms with van der Waals surface area (Å²) in [6.07, 6.45) is 1.60. The van der Waals surface area contributed by atoms with Crippen LogP contribution in [0.2, 0.25) is 0 Å². The molecule has 3 aromatic carbocycles. The Balaban J connectivity index is 1.59. The van der Waals surface area contributed by atoms with Gasteiger partial charge in [-0.1, -0.05) is 51.1 Å². The van der Waals surface area contributed by atoms with E-state index >= 15 is 0 Å². The largest absolute Gasteiger partial charge is 0.381 e. The second-order valence-electron chi connectivity index (χ2n) is 11.9. The summed E-state index contributed by atoms with van der Waals surface area (Å²) < 4.78 is 1.37. The molecule has 0 bridgehead atoms. The third-order valence-corrected chi connectivity index (χ3v) is 6.84. The van der Waals surface area contributed by atoms with Crippen molar-refractivity contribution in [2.24, 2.45) is 17.3 Å². The maximum Gasteiger partial charge on any atom is 0.297 e. The van der Waals surface area contributed by atoms with Crippen molar-refractivity contribution in [3.63, 3.8) is 0 Å². The fraction of sp³-hybridized carbons (Fsp3) is 0.273. The number of aliphatic hydroxyl groups is 1. The van der Waals surface area contributed by atoms with Crippen LogP contribution in [0.15, 0.2) is 87.9 Å². The van der Waals surface area contributed by atoms with E-state index in [1.807, 2.05) is 49.4 Å². The molecule has 4 aromatic rings. The minimum absolute atomic E-state index is 0.0133. The van der Waals surface area contributed by atoms with Gasteiger partial charge in [-0.3, -0.25) is 14.4 Å². The molecular formula is C33H36N6O4. The van der Waals surface area contributed by atoms with Gasteiger partial charge < -0.3 is 20.3 Å². The topological polar surface area (TPSA) is 138 Å². The number of hydrogen-bond donors (Lipinski definition) is 3. The number of benzene rings is 3. The molecule has 0 aliphatic heterocycles. The highest BCUT2D eigenvalue weighted by atomic mass is 16.3. The molecule has 10 nitrogen and oxygen atoms in total. The van der Waals surface area contributed by atoms with E-state index in [2.05, 4.69) is 46.6 Å². The van der Waals surface area contributed by atoms with Gasteiger partial charge in [0.1, 0.15) is 5.60 Å². The van der Waals surface area contributed by atoms with Gasteiger partial charge in [0.15, 0.2) is 0 Å². The summed E-state index contributed by atoms with van der Waals surface area (Å²) >= 11 is 0. The van der Waals surface area contributed by atoms with E-state index in [1.165, 1.54) is 18.4 Å². The first kappa shape index (κ1) is 31.0.